The van der Waals surface area contributed by atoms with Gasteiger partial charge in [-0.25, -0.2) is 4.98 Å². The van der Waals surface area contributed by atoms with Crippen molar-refractivity contribution in [3.05, 3.63) is 113 Å². The molecule has 1 N–H and O–H groups in total. The molecule has 5 aromatic rings. The second-order valence-corrected chi connectivity index (χ2v) is 15.0. The summed E-state index contributed by atoms with van der Waals surface area (Å²) in [5.74, 6) is 0. The summed E-state index contributed by atoms with van der Waals surface area (Å²) >= 11 is 0. The van der Waals surface area contributed by atoms with E-state index in [0.717, 1.165) is 28.7 Å². The van der Waals surface area contributed by atoms with Crippen molar-refractivity contribution in [1.29, 1.82) is 0 Å². The highest BCUT2D eigenvalue weighted by Crippen LogP contribution is 2.40. The smallest absolute Gasteiger partial charge is 0.310 e. The van der Waals surface area contributed by atoms with Crippen molar-refractivity contribution in [1.82, 2.24) is 15.2 Å². The fraction of sp³-hybridized carbons (Fsp3) is 0.333. The molecule has 5 rings (SSSR count). The van der Waals surface area contributed by atoms with E-state index < -0.39 is 11.9 Å². The number of hydrogen-bond acceptors (Lipinski definition) is 3. The lowest BCUT2D eigenvalue weighted by atomic mass is 9.86. The lowest BCUT2D eigenvalue weighted by Crippen LogP contribution is -2.14. The Morgan fingerprint density at radius 3 is 1.30 bits per heavy atom. The van der Waals surface area contributed by atoms with E-state index in [1.54, 1.807) is 6.07 Å². The second kappa shape index (κ2) is 11.8. The van der Waals surface area contributed by atoms with Gasteiger partial charge in [-0.1, -0.05) is 111 Å². The van der Waals surface area contributed by atoms with Gasteiger partial charge in [-0.2, -0.15) is 18.3 Å². The van der Waals surface area contributed by atoms with Crippen LogP contribution in [0.3, 0.4) is 0 Å². The third-order valence-corrected chi connectivity index (χ3v) is 8.24. The summed E-state index contributed by atoms with van der Waals surface area (Å²) in [5, 5.41) is 6.18. The topological polar surface area (TPSA) is 44.8 Å². The van der Waals surface area contributed by atoms with Crippen molar-refractivity contribution in [2.24, 2.45) is 0 Å². The van der Waals surface area contributed by atoms with Crippen LogP contribution in [0, 0.1) is 0 Å². The van der Waals surface area contributed by atoms with E-state index in [2.05, 4.69) is 138 Å². The monoisotopic (exact) mass is 624 g/mol. The summed E-state index contributed by atoms with van der Waals surface area (Å²) in [5.41, 5.74) is 7.11. The quantitative estimate of drug-likeness (QED) is 0.212. The van der Waals surface area contributed by atoms with Crippen molar-refractivity contribution in [3.8, 4) is 22.6 Å². The number of anilines is 3. The van der Waals surface area contributed by atoms with Gasteiger partial charge in [-0.15, -0.1) is 0 Å². The fourth-order valence-corrected chi connectivity index (χ4v) is 5.33. The molecule has 0 atom stereocenters. The molecule has 3 aromatic carbocycles. The highest BCUT2D eigenvalue weighted by Gasteiger charge is 2.33. The van der Waals surface area contributed by atoms with Gasteiger partial charge in [0.25, 0.3) is 0 Å². The maximum atomic E-state index is 13.6. The Hall–Kier alpha value is -4.39. The molecule has 0 aliphatic carbocycles. The van der Waals surface area contributed by atoms with E-state index >= 15 is 0 Å². The Bertz CT molecular complexity index is 1740. The molecule has 0 spiro atoms. The van der Waals surface area contributed by atoms with Crippen LogP contribution in [0.25, 0.3) is 22.6 Å². The number of nitrogens with one attached hydrogen (secondary N) is 1. The molecule has 46 heavy (non-hydrogen) atoms. The zero-order chi connectivity index (χ0) is 33.7. The molecular weight excluding hydrogens is 581 g/mol. The fourth-order valence-electron chi connectivity index (χ4n) is 5.33. The first-order chi connectivity index (χ1) is 21.3. The van der Waals surface area contributed by atoms with Gasteiger partial charge < -0.3 is 4.90 Å². The van der Waals surface area contributed by atoms with Crippen molar-refractivity contribution in [3.63, 3.8) is 0 Å². The highest BCUT2D eigenvalue weighted by atomic mass is 19.4. The number of benzene rings is 3. The molecule has 0 aliphatic rings. The standard InChI is InChI=1S/C39H43F3N4/c1-36(2,3)26-12-10-25(11-13-26)32-22-31(23-33(43-32)34-24-35(45-44-34)39(40,41)42)46(29-18-14-27(15-19-29)37(4,5)6)30-20-16-28(17-21-30)38(7,8)9/h10-24H,1-9H3,(H,44,45). The van der Waals surface area contributed by atoms with Crippen molar-refractivity contribution in [2.75, 3.05) is 4.90 Å². The number of nitrogens with zero attached hydrogens (tertiary/aromatic N) is 3. The summed E-state index contributed by atoms with van der Waals surface area (Å²) in [6.45, 7) is 19.5. The van der Waals surface area contributed by atoms with Crippen LogP contribution in [0.5, 0.6) is 0 Å². The maximum absolute atomic E-state index is 13.6. The molecule has 0 amide bonds. The van der Waals surface area contributed by atoms with Gasteiger partial charge >= 0.3 is 6.18 Å². The summed E-state index contributed by atoms with van der Waals surface area (Å²) in [4.78, 5) is 6.97. The minimum absolute atomic E-state index is 0.0237. The van der Waals surface area contributed by atoms with Crippen LogP contribution in [-0.2, 0) is 22.4 Å². The first-order valence-electron chi connectivity index (χ1n) is 15.6. The van der Waals surface area contributed by atoms with Crippen molar-refractivity contribution in [2.45, 2.75) is 84.7 Å². The van der Waals surface area contributed by atoms with E-state index in [1.807, 2.05) is 18.2 Å². The Morgan fingerprint density at radius 1 is 0.500 bits per heavy atom. The van der Waals surface area contributed by atoms with Crippen LogP contribution >= 0.6 is 0 Å². The van der Waals surface area contributed by atoms with Crippen LogP contribution in [-0.4, -0.2) is 15.2 Å². The first-order valence-corrected chi connectivity index (χ1v) is 15.6. The van der Waals surface area contributed by atoms with E-state index in [1.165, 1.54) is 16.7 Å². The van der Waals surface area contributed by atoms with Gasteiger partial charge in [0, 0.05) is 16.9 Å². The molecule has 2 heterocycles. The van der Waals surface area contributed by atoms with Gasteiger partial charge in [0.15, 0.2) is 0 Å². The molecule has 0 saturated heterocycles. The van der Waals surface area contributed by atoms with Crippen molar-refractivity contribution >= 4 is 17.1 Å². The van der Waals surface area contributed by atoms with E-state index in [0.29, 0.717) is 11.4 Å². The summed E-state index contributed by atoms with van der Waals surface area (Å²) in [6.07, 6.45) is -4.55. The predicted molar refractivity (Wildman–Crippen MR) is 183 cm³/mol. The largest absolute Gasteiger partial charge is 0.432 e. The van der Waals surface area contributed by atoms with Crippen LogP contribution in [0.2, 0.25) is 0 Å². The zero-order valence-corrected chi connectivity index (χ0v) is 28.1. The SMILES string of the molecule is CC(C)(C)c1ccc(-c2cc(N(c3ccc(C(C)(C)C)cc3)c3ccc(C(C)(C)C)cc3)cc(-c3cc(C(F)(F)F)[nH]n3)n2)cc1. The molecule has 0 radical (unpaired) electrons. The number of alkyl halides is 3. The van der Waals surface area contributed by atoms with Crippen LogP contribution in [0.1, 0.15) is 84.7 Å². The molecule has 7 heteroatoms. The molecule has 0 aliphatic heterocycles. The Morgan fingerprint density at radius 2 is 0.913 bits per heavy atom. The molecule has 240 valence electrons. The normalized spacial score (nSPS) is 12.8. The zero-order valence-electron chi connectivity index (χ0n) is 28.1. The maximum Gasteiger partial charge on any atom is 0.432 e. The second-order valence-electron chi connectivity index (χ2n) is 15.0. The van der Waals surface area contributed by atoms with Gasteiger partial charge in [0.1, 0.15) is 11.4 Å². The molecule has 4 nitrogen and oxygen atoms in total. The number of H-pyrrole nitrogens is 1. The average molecular weight is 625 g/mol. The number of pyridine rings is 1. The lowest BCUT2D eigenvalue weighted by molar-refractivity contribution is -0.141. The summed E-state index contributed by atoms with van der Waals surface area (Å²) < 4.78 is 40.7. The molecule has 2 aromatic heterocycles. The lowest BCUT2D eigenvalue weighted by Gasteiger charge is -2.28. The van der Waals surface area contributed by atoms with Crippen molar-refractivity contribution < 1.29 is 13.2 Å². The predicted octanol–water partition coefficient (Wildman–Crippen LogP) is 11.5. The summed E-state index contributed by atoms with van der Waals surface area (Å²) in [7, 11) is 0. The van der Waals surface area contributed by atoms with Gasteiger partial charge in [0.05, 0.1) is 17.1 Å². The molecule has 0 saturated carbocycles. The summed E-state index contributed by atoms with van der Waals surface area (Å²) in [6, 6.07) is 29.9. The minimum Gasteiger partial charge on any atom is -0.310 e. The van der Waals surface area contributed by atoms with Gasteiger partial charge in [-0.3, -0.25) is 5.10 Å². The molecule has 0 fully saturated rings. The Balaban J connectivity index is 1.73. The van der Waals surface area contributed by atoms with Crippen LogP contribution in [0.4, 0.5) is 30.2 Å². The number of halogens is 3. The van der Waals surface area contributed by atoms with E-state index in [4.69, 9.17) is 4.98 Å². The van der Waals surface area contributed by atoms with E-state index in [-0.39, 0.29) is 21.9 Å². The molecular formula is C39H43F3N4. The molecule has 0 bridgehead atoms. The van der Waals surface area contributed by atoms with Gasteiger partial charge in [-0.05, 0) is 75.4 Å². The highest BCUT2D eigenvalue weighted by molar-refractivity contribution is 5.82. The third kappa shape index (κ3) is 7.19. The van der Waals surface area contributed by atoms with Crippen LogP contribution < -0.4 is 4.90 Å². The number of aromatic nitrogens is 3. The van der Waals surface area contributed by atoms with Gasteiger partial charge in [0.2, 0.25) is 0 Å². The Kier molecular flexibility index (Phi) is 8.43. The average Bonchev–Trinajstić information content (AvgIpc) is 3.48. The number of aromatic amines is 1. The third-order valence-electron chi connectivity index (χ3n) is 8.24. The number of hydrogen-bond donors (Lipinski definition) is 1. The molecule has 0 unspecified atom stereocenters. The van der Waals surface area contributed by atoms with Crippen LogP contribution in [0.15, 0.2) is 91.0 Å². The number of rotatable bonds is 5. The Labute approximate surface area is 270 Å². The minimum atomic E-state index is -4.55. The first kappa shape index (κ1) is 33.0. The van der Waals surface area contributed by atoms with E-state index in [9.17, 15) is 13.2 Å².